The number of hydrogen-bond acceptors (Lipinski definition) is 2. The average Bonchev–Trinajstić information content (AvgIpc) is 2.80. The summed E-state index contributed by atoms with van der Waals surface area (Å²) in [6.45, 7) is 1.97. The van der Waals surface area contributed by atoms with Crippen LogP contribution in [0, 0.1) is 12.8 Å². The second-order valence-corrected chi connectivity index (χ2v) is 5.61. The quantitative estimate of drug-likeness (QED) is 0.738. The Morgan fingerprint density at radius 1 is 1.15 bits per heavy atom. The van der Waals surface area contributed by atoms with Gasteiger partial charge in [-0.2, -0.15) is 13.2 Å². The van der Waals surface area contributed by atoms with E-state index in [1.54, 1.807) is 0 Å². The molecule has 0 spiro atoms. The van der Waals surface area contributed by atoms with Crippen LogP contribution in [0.2, 0.25) is 0 Å². The van der Waals surface area contributed by atoms with Crippen molar-refractivity contribution < 1.29 is 17.6 Å². The summed E-state index contributed by atoms with van der Waals surface area (Å²) in [4.78, 5) is 4.42. The zero-order valence-electron chi connectivity index (χ0n) is 11.2. The summed E-state index contributed by atoms with van der Waals surface area (Å²) in [5.41, 5.74) is 2.59. The second-order valence-electron chi connectivity index (χ2n) is 5.61. The Hall–Kier alpha value is -1.52. The van der Waals surface area contributed by atoms with E-state index in [4.69, 9.17) is 4.42 Å². The molecule has 1 aromatic heterocycles. The first kappa shape index (κ1) is 13.5. The summed E-state index contributed by atoms with van der Waals surface area (Å²) in [6, 6.07) is 5.75. The van der Waals surface area contributed by atoms with Crippen LogP contribution < -0.4 is 0 Å². The molecule has 2 nitrogen and oxygen atoms in total. The lowest BCUT2D eigenvalue weighted by molar-refractivity contribution is -0.182. The van der Waals surface area contributed by atoms with E-state index < -0.39 is 12.1 Å². The van der Waals surface area contributed by atoms with Crippen molar-refractivity contribution in [1.29, 1.82) is 0 Å². The molecule has 20 heavy (non-hydrogen) atoms. The van der Waals surface area contributed by atoms with Crippen LogP contribution in [0.1, 0.15) is 43.1 Å². The Bertz CT molecular complexity index is 609. The van der Waals surface area contributed by atoms with E-state index in [0.29, 0.717) is 18.7 Å². The van der Waals surface area contributed by atoms with Crippen LogP contribution in [0.25, 0.3) is 11.1 Å². The number of halogens is 3. The molecule has 5 heteroatoms. The third-order valence-corrected chi connectivity index (χ3v) is 4.10. The molecule has 0 amide bonds. The van der Waals surface area contributed by atoms with Crippen LogP contribution >= 0.6 is 0 Å². The molecule has 0 bridgehead atoms. The predicted octanol–water partition coefficient (Wildman–Crippen LogP) is 4.97. The van der Waals surface area contributed by atoms with E-state index in [1.807, 2.05) is 25.1 Å². The molecule has 0 atom stereocenters. The molecule has 3 rings (SSSR count). The zero-order valence-corrected chi connectivity index (χ0v) is 11.2. The Balaban J connectivity index is 1.76. The standard InChI is InChI=1S/C15H16F3NO/c1-9-2-7-12-13(8-9)20-14(19-12)10-3-5-11(6-4-10)15(16,17)18/h2,7-8,10-11H,3-6H2,1H3. The Morgan fingerprint density at radius 3 is 2.50 bits per heavy atom. The molecule has 108 valence electrons. The minimum atomic E-state index is -4.07. The van der Waals surface area contributed by atoms with Gasteiger partial charge in [-0.05, 0) is 50.3 Å². The van der Waals surface area contributed by atoms with E-state index in [9.17, 15) is 13.2 Å². The van der Waals surface area contributed by atoms with E-state index in [-0.39, 0.29) is 18.8 Å². The van der Waals surface area contributed by atoms with E-state index in [2.05, 4.69) is 4.98 Å². The summed E-state index contributed by atoms with van der Waals surface area (Å²) in [6.07, 6.45) is -2.73. The highest BCUT2D eigenvalue weighted by molar-refractivity contribution is 5.73. The van der Waals surface area contributed by atoms with Crippen molar-refractivity contribution in [3.63, 3.8) is 0 Å². The highest BCUT2D eigenvalue weighted by Crippen LogP contribution is 2.43. The topological polar surface area (TPSA) is 26.0 Å². The van der Waals surface area contributed by atoms with Gasteiger partial charge < -0.3 is 4.42 Å². The first-order valence-electron chi connectivity index (χ1n) is 6.87. The SMILES string of the molecule is Cc1ccc2nc(C3CCC(C(F)(F)F)CC3)oc2c1. The van der Waals surface area contributed by atoms with E-state index in [0.717, 1.165) is 16.7 Å². The van der Waals surface area contributed by atoms with Crippen LogP contribution in [0.5, 0.6) is 0 Å². The third-order valence-electron chi connectivity index (χ3n) is 4.10. The number of rotatable bonds is 1. The normalized spacial score (nSPS) is 24.2. The molecule has 0 unspecified atom stereocenters. The molecular formula is C15H16F3NO. The average molecular weight is 283 g/mol. The Labute approximate surface area is 115 Å². The van der Waals surface area contributed by atoms with Crippen LogP contribution in [0.4, 0.5) is 13.2 Å². The largest absolute Gasteiger partial charge is 0.440 e. The molecule has 1 aliphatic rings. The van der Waals surface area contributed by atoms with Crippen LogP contribution in [0.3, 0.4) is 0 Å². The fraction of sp³-hybridized carbons (Fsp3) is 0.533. The molecule has 2 aromatic rings. The minimum absolute atomic E-state index is 0.0151. The smallest absolute Gasteiger partial charge is 0.391 e. The maximum Gasteiger partial charge on any atom is 0.391 e. The number of nitrogens with zero attached hydrogens (tertiary/aromatic N) is 1. The number of benzene rings is 1. The number of alkyl halides is 3. The molecule has 0 radical (unpaired) electrons. The lowest BCUT2D eigenvalue weighted by Gasteiger charge is -2.28. The molecule has 1 heterocycles. The summed E-state index contributed by atoms with van der Waals surface area (Å²) < 4.78 is 43.6. The molecule has 1 aromatic carbocycles. The summed E-state index contributed by atoms with van der Waals surface area (Å²) in [5.74, 6) is -0.557. The molecule has 1 aliphatic carbocycles. The Kier molecular flexibility index (Phi) is 3.22. The van der Waals surface area contributed by atoms with E-state index >= 15 is 0 Å². The summed E-state index contributed by atoms with van der Waals surface area (Å²) in [5, 5.41) is 0. The van der Waals surface area contributed by atoms with Gasteiger partial charge in [-0.15, -0.1) is 0 Å². The van der Waals surface area contributed by atoms with Gasteiger partial charge in [-0.25, -0.2) is 4.98 Å². The fourth-order valence-electron chi connectivity index (χ4n) is 2.89. The van der Waals surface area contributed by atoms with Crippen molar-refractivity contribution in [3.8, 4) is 0 Å². The first-order valence-corrected chi connectivity index (χ1v) is 6.87. The molecule has 0 N–H and O–H groups in total. The monoisotopic (exact) mass is 283 g/mol. The summed E-state index contributed by atoms with van der Waals surface area (Å²) >= 11 is 0. The van der Waals surface area contributed by atoms with Crippen molar-refractivity contribution in [1.82, 2.24) is 4.98 Å². The van der Waals surface area contributed by atoms with Crippen LogP contribution in [0.15, 0.2) is 22.6 Å². The van der Waals surface area contributed by atoms with Gasteiger partial charge >= 0.3 is 6.18 Å². The molecule has 0 saturated heterocycles. The van der Waals surface area contributed by atoms with Gasteiger partial charge in [0.25, 0.3) is 0 Å². The van der Waals surface area contributed by atoms with Crippen LogP contribution in [-0.4, -0.2) is 11.2 Å². The van der Waals surface area contributed by atoms with E-state index in [1.165, 1.54) is 0 Å². The zero-order chi connectivity index (χ0) is 14.3. The van der Waals surface area contributed by atoms with Crippen LogP contribution in [-0.2, 0) is 0 Å². The van der Waals surface area contributed by atoms with Gasteiger partial charge in [0.05, 0.1) is 5.92 Å². The number of fused-ring (bicyclic) bond motifs is 1. The van der Waals surface area contributed by atoms with Crippen molar-refractivity contribution in [2.45, 2.75) is 44.7 Å². The second kappa shape index (κ2) is 4.79. The van der Waals surface area contributed by atoms with Gasteiger partial charge in [-0.3, -0.25) is 0 Å². The molecule has 1 saturated carbocycles. The molecular weight excluding hydrogens is 267 g/mol. The predicted molar refractivity (Wildman–Crippen MR) is 69.5 cm³/mol. The molecule has 1 fully saturated rings. The highest BCUT2D eigenvalue weighted by atomic mass is 19.4. The number of aromatic nitrogens is 1. The number of aryl methyl sites for hydroxylation is 1. The van der Waals surface area contributed by atoms with Gasteiger partial charge in [0.1, 0.15) is 5.52 Å². The Morgan fingerprint density at radius 2 is 1.85 bits per heavy atom. The molecule has 0 aliphatic heterocycles. The number of oxazole rings is 1. The van der Waals surface area contributed by atoms with Gasteiger partial charge in [0.2, 0.25) is 0 Å². The van der Waals surface area contributed by atoms with Gasteiger partial charge in [0.15, 0.2) is 11.5 Å². The first-order chi connectivity index (χ1) is 9.43. The lowest BCUT2D eigenvalue weighted by Crippen LogP contribution is -2.27. The van der Waals surface area contributed by atoms with Crippen molar-refractivity contribution in [2.75, 3.05) is 0 Å². The van der Waals surface area contributed by atoms with Crippen molar-refractivity contribution in [3.05, 3.63) is 29.7 Å². The number of hydrogen-bond donors (Lipinski definition) is 0. The minimum Gasteiger partial charge on any atom is -0.440 e. The maximum atomic E-state index is 12.6. The summed E-state index contributed by atoms with van der Waals surface area (Å²) in [7, 11) is 0. The van der Waals surface area contributed by atoms with Crippen molar-refractivity contribution in [2.24, 2.45) is 5.92 Å². The fourth-order valence-corrected chi connectivity index (χ4v) is 2.89. The van der Waals surface area contributed by atoms with Gasteiger partial charge in [-0.1, -0.05) is 6.07 Å². The lowest BCUT2D eigenvalue weighted by atomic mass is 9.81. The third kappa shape index (κ3) is 2.53. The van der Waals surface area contributed by atoms with Crippen molar-refractivity contribution >= 4 is 11.1 Å². The maximum absolute atomic E-state index is 12.6. The van der Waals surface area contributed by atoms with Gasteiger partial charge in [0, 0.05) is 5.92 Å². The highest BCUT2D eigenvalue weighted by Gasteiger charge is 2.42.